The van der Waals surface area contributed by atoms with Gasteiger partial charge < -0.3 is 9.73 Å². The third kappa shape index (κ3) is 4.31. The topological polar surface area (TPSA) is 62.6 Å². The van der Waals surface area contributed by atoms with E-state index in [-0.39, 0.29) is 6.04 Å². The lowest BCUT2D eigenvalue weighted by Gasteiger charge is -2.27. The highest BCUT2D eigenvalue weighted by Crippen LogP contribution is 2.26. The van der Waals surface area contributed by atoms with Crippen molar-refractivity contribution in [3.05, 3.63) is 17.6 Å². The van der Waals surface area contributed by atoms with Gasteiger partial charge in [0.25, 0.3) is 0 Å². The number of sulfonamides is 1. The number of hydrogen-bond donors (Lipinski definition) is 1. The molecule has 0 aliphatic rings. The Bertz CT molecular complexity index is 537. The number of furan rings is 1. The summed E-state index contributed by atoms with van der Waals surface area (Å²) >= 11 is 0. The van der Waals surface area contributed by atoms with E-state index in [1.807, 2.05) is 13.8 Å². The van der Waals surface area contributed by atoms with Gasteiger partial charge in [-0.25, -0.2) is 8.42 Å². The largest absolute Gasteiger partial charge is 0.464 e. The minimum absolute atomic E-state index is 0.0106. The number of hydrogen-bond acceptors (Lipinski definition) is 4. The molecule has 21 heavy (non-hydrogen) atoms. The summed E-state index contributed by atoms with van der Waals surface area (Å²) in [6, 6.07) is 1.63. The average molecular weight is 316 g/mol. The summed E-state index contributed by atoms with van der Waals surface area (Å²) in [7, 11) is -1.70. The van der Waals surface area contributed by atoms with Crippen molar-refractivity contribution in [1.29, 1.82) is 0 Å². The molecule has 1 rings (SSSR count). The number of nitrogens with one attached hydrogen (secondary N) is 1. The molecule has 0 spiro atoms. The van der Waals surface area contributed by atoms with Gasteiger partial charge in [0.15, 0.2) is 0 Å². The van der Waals surface area contributed by atoms with E-state index in [0.29, 0.717) is 29.5 Å². The van der Waals surface area contributed by atoms with Crippen molar-refractivity contribution < 1.29 is 12.8 Å². The van der Waals surface area contributed by atoms with Crippen LogP contribution in [0.4, 0.5) is 0 Å². The molecule has 0 amide bonds. The predicted octanol–water partition coefficient (Wildman–Crippen LogP) is 2.90. The summed E-state index contributed by atoms with van der Waals surface area (Å²) in [6.45, 7) is 8.82. The molecule has 0 radical (unpaired) electrons. The standard InChI is InChI=1S/C15H28N2O3S/c1-6-8-9-17(12(3)7-2)21(18,19)15-10-14(11-16-5)20-13(15)4/h10,12,16H,6-9,11H2,1-5H3. The highest BCUT2D eigenvalue weighted by Gasteiger charge is 2.31. The molecule has 0 saturated heterocycles. The van der Waals surface area contributed by atoms with E-state index in [9.17, 15) is 8.42 Å². The molecule has 1 N–H and O–H groups in total. The Balaban J connectivity index is 3.15. The number of unbranched alkanes of at least 4 members (excludes halogenated alkanes) is 1. The third-order valence-electron chi connectivity index (χ3n) is 3.68. The van der Waals surface area contributed by atoms with E-state index >= 15 is 0 Å². The first-order chi connectivity index (χ1) is 9.88. The minimum Gasteiger partial charge on any atom is -0.464 e. The fraction of sp³-hybridized carbons (Fsp3) is 0.733. The van der Waals surface area contributed by atoms with E-state index < -0.39 is 10.0 Å². The molecule has 1 heterocycles. The van der Waals surface area contributed by atoms with Crippen molar-refractivity contribution in [1.82, 2.24) is 9.62 Å². The Hall–Kier alpha value is -0.850. The Morgan fingerprint density at radius 3 is 2.57 bits per heavy atom. The maximum absolute atomic E-state index is 12.9. The van der Waals surface area contributed by atoms with E-state index in [0.717, 1.165) is 19.3 Å². The summed E-state index contributed by atoms with van der Waals surface area (Å²) in [6.07, 6.45) is 2.63. The maximum atomic E-state index is 12.9. The van der Waals surface area contributed by atoms with Crippen LogP contribution in [-0.4, -0.2) is 32.4 Å². The van der Waals surface area contributed by atoms with Crippen LogP contribution in [-0.2, 0) is 16.6 Å². The molecular formula is C15H28N2O3S. The summed E-state index contributed by atoms with van der Waals surface area (Å²) in [5.41, 5.74) is 0. The van der Waals surface area contributed by atoms with Gasteiger partial charge >= 0.3 is 0 Å². The van der Waals surface area contributed by atoms with Crippen LogP contribution >= 0.6 is 0 Å². The molecule has 0 aliphatic carbocycles. The van der Waals surface area contributed by atoms with Crippen molar-refractivity contribution in [3.63, 3.8) is 0 Å². The molecule has 1 unspecified atom stereocenters. The summed E-state index contributed by atoms with van der Waals surface area (Å²) < 4.78 is 33.0. The molecule has 122 valence electrons. The molecule has 0 fully saturated rings. The van der Waals surface area contributed by atoms with Crippen molar-refractivity contribution in [2.75, 3.05) is 13.6 Å². The maximum Gasteiger partial charge on any atom is 0.246 e. The number of nitrogens with zero attached hydrogens (tertiary/aromatic N) is 1. The minimum atomic E-state index is -3.50. The molecule has 1 aromatic heterocycles. The zero-order chi connectivity index (χ0) is 16.0. The summed E-state index contributed by atoms with van der Waals surface area (Å²) in [5, 5.41) is 2.97. The lowest BCUT2D eigenvalue weighted by molar-refractivity contribution is 0.323. The average Bonchev–Trinajstić information content (AvgIpc) is 2.80. The Kier molecular flexibility index (Phi) is 6.90. The zero-order valence-electron chi connectivity index (χ0n) is 13.8. The van der Waals surface area contributed by atoms with E-state index in [2.05, 4.69) is 12.2 Å². The Labute approximate surface area is 128 Å². The number of aryl methyl sites for hydroxylation is 1. The van der Waals surface area contributed by atoms with Crippen LogP contribution in [0.5, 0.6) is 0 Å². The fourth-order valence-corrected chi connectivity index (χ4v) is 4.19. The van der Waals surface area contributed by atoms with E-state index in [1.165, 1.54) is 0 Å². The lowest BCUT2D eigenvalue weighted by Crippen LogP contribution is -2.39. The third-order valence-corrected chi connectivity index (χ3v) is 5.80. The Morgan fingerprint density at radius 2 is 2.05 bits per heavy atom. The van der Waals surface area contributed by atoms with Crippen LogP contribution in [0, 0.1) is 6.92 Å². The molecule has 0 aromatic carbocycles. The van der Waals surface area contributed by atoms with Gasteiger partial charge in [-0.2, -0.15) is 4.31 Å². The van der Waals surface area contributed by atoms with Crippen molar-refractivity contribution in [2.45, 2.75) is 64.4 Å². The van der Waals surface area contributed by atoms with Crippen molar-refractivity contribution in [3.8, 4) is 0 Å². The van der Waals surface area contributed by atoms with Crippen LogP contribution in [0.3, 0.4) is 0 Å². The highest BCUT2D eigenvalue weighted by atomic mass is 32.2. The van der Waals surface area contributed by atoms with Gasteiger partial charge in [-0.05, 0) is 33.7 Å². The summed E-state index contributed by atoms with van der Waals surface area (Å²) in [4.78, 5) is 0.296. The van der Waals surface area contributed by atoms with Gasteiger partial charge in [0.1, 0.15) is 16.4 Å². The van der Waals surface area contributed by atoms with Crippen LogP contribution in [0.15, 0.2) is 15.4 Å². The van der Waals surface area contributed by atoms with E-state index in [1.54, 1.807) is 24.3 Å². The molecule has 5 nitrogen and oxygen atoms in total. The second-order valence-corrected chi connectivity index (χ2v) is 7.25. The van der Waals surface area contributed by atoms with Crippen LogP contribution in [0.25, 0.3) is 0 Å². The highest BCUT2D eigenvalue weighted by molar-refractivity contribution is 7.89. The Morgan fingerprint density at radius 1 is 1.38 bits per heavy atom. The van der Waals surface area contributed by atoms with Crippen LogP contribution < -0.4 is 5.32 Å². The second-order valence-electron chi connectivity index (χ2n) is 5.39. The molecule has 0 bridgehead atoms. The summed E-state index contributed by atoms with van der Waals surface area (Å²) in [5.74, 6) is 1.11. The molecule has 0 aliphatic heterocycles. The van der Waals surface area contributed by atoms with Gasteiger partial charge in [-0.3, -0.25) is 0 Å². The first-order valence-electron chi connectivity index (χ1n) is 7.64. The van der Waals surface area contributed by atoms with Crippen molar-refractivity contribution in [2.24, 2.45) is 0 Å². The molecule has 1 atom stereocenters. The SMILES string of the molecule is CCCCN(C(C)CC)S(=O)(=O)c1cc(CNC)oc1C. The van der Waals surface area contributed by atoms with Gasteiger partial charge in [-0.1, -0.05) is 20.3 Å². The number of rotatable bonds is 9. The lowest BCUT2D eigenvalue weighted by atomic mass is 10.2. The zero-order valence-corrected chi connectivity index (χ0v) is 14.6. The van der Waals surface area contributed by atoms with Crippen molar-refractivity contribution >= 4 is 10.0 Å². The first-order valence-corrected chi connectivity index (χ1v) is 9.08. The smallest absolute Gasteiger partial charge is 0.246 e. The normalized spacial score (nSPS) is 13.8. The van der Waals surface area contributed by atoms with Crippen LogP contribution in [0.2, 0.25) is 0 Å². The van der Waals surface area contributed by atoms with E-state index in [4.69, 9.17) is 4.42 Å². The monoisotopic (exact) mass is 316 g/mol. The first kappa shape index (κ1) is 18.2. The second kappa shape index (κ2) is 7.96. The van der Waals surface area contributed by atoms with Crippen LogP contribution in [0.1, 0.15) is 51.6 Å². The predicted molar refractivity (Wildman–Crippen MR) is 84.8 cm³/mol. The fourth-order valence-electron chi connectivity index (χ4n) is 2.26. The molecule has 1 aromatic rings. The van der Waals surface area contributed by atoms with Gasteiger partial charge in [0.2, 0.25) is 10.0 Å². The molecule has 0 saturated carbocycles. The van der Waals surface area contributed by atoms with Gasteiger partial charge in [0, 0.05) is 18.7 Å². The quantitative estimate of drug-likeness (QED) is 0.761. The molecular weight excluding hydrogens is 288 g/mol. The van der Waals surface area contributed by atoms with Gasteiger partial charge in [0.05, 0.1) is 6.54 Å². The molecule has 6 heteroatoms. The van der Waals surface area contributed by atoms with Gasteiger partial charge in [-0.15, -0.1) is 0 Å².